The first-order valence-electron chi connectivity index (χ1n) is 5.40. The molecule has 4 heteroatoms. The van der Waals surface area contributed by atoms with Gasteiger partial charge >= 0.3 is 0 Å². The van der Waals surface area contributed by atoms with E-state index in [-0.39, 0.29) is 6.04 Å². The molecule has 0 radical (unpaired) electrons. The maximum absolute atomic E-state index is 6.09. The molecule has 2 atom stereocenters. The van der Waals surface area contributed by atoms with Crippen molar-refractivity contribution in [3.63, 3.8) is 0 Å². The zero-order chi connectivity index (χ0) is 11.4. The second kappa shape index (κ2) is 5.28. The molecule has 2 unspecified atom stereocenters. The van der Waals surface area contributed by atoms with E-state index in [4.69, 9.17) is 10.5 Å². The second-order valence-electron chi connectivity index (χ2n) is 4.04. The molecular weight excluding hydrogens is 190 g/mol. The number of nitrogens with two attached hydrogens (primary N) is 1. The summed E-state index contributed by atoms with van der Waals surface area (Å²) >= 11 is 0. The summed E-state index contributed by atoms with van der Waals surface area (Å²) in [5, 5.41) is 0. The molecule has 86 valence electrons. The number of methoxy groups -OCH3 is 1. The van der Waals surface area contributed by atoms with E-state index in [0.29, 0.717) is 12.5 Å². The minimum atomic E-state index is -0.0145. The Morgan fingerprint density at radius 3 is 2.73 bits per heavy atom. The number of imidazole rings is 1. The molecule has 1 aromatic heterocycles. The zero-order valence-electron chi connectivity index (χ0n) is 10.0. The third-order valence-electron chi connectivity index (χ3n) is 2.86. The Labute approximate surface area is 91.2 Å². The molecular formula is C11H21N3O. The molecule has 0 amide bonds. The standard InChI is InChI=1S/C11H21N3O/c1-5-7(2)10(12)11-13-8(3)9(14-11)6-15-4/h7,10H,5-6,12H2,1-4H3,(H,13,14). The van der Waals surface area contributed by atoms with Gasteiger partial charge in [0.05, 0.1) is 18.3 Å². The van der Waals surface area contributed by atoms with Gasteiger partial charge in [-0.2, -0.15) is 0 Å². The first-order chi connectivity index (χ1) is 7.10. The van der Waals surface area contributed by atoms with Crippen molar-refractivity contribution in [3.8, 4) is 0 Å². The van der Waals surface area contributed by atoms with E-state index in [9.17, 15) is 0 Å². The van der Waals surface area contributed by atoms with Crippen LogP contribution in [0, 0.1) is 12.8 Å². The van der Waals surface area contributed by atoms with Crippen molar-refractivity contribution in [2.75, 3.05) is 7.11 Å². The third kappa shape index (κ3) is 2.79. The number of H-pyrrole nitrogens is 1. The Morgan fingerprint density at radius 2 is 2.20 bits per heavy atom. The average molecular weight is 211 g/mol. The first-order valence-corrected chi connectivity index (χ1v) is 5.40. The maximum atomic E-state index is 6.09. The molecule has 0 bridgehead atoms. The predicted octanol–water partition coefficient (Wildman–Crippen LogP) is 1.91. The Kier molecular flexibility index (Phi) is 4.29. The number of ether oxygens (including phenoxy) is 1. The van der Waals surface area contributed by atoms with Gasteiger partial charge in [-0.25, -0.2) is 4.98 Å². The van der Waals surface area contributed by atoms with E-state index in [2.05, 4.69) is 23.8 Å². The lowest BCUT2D eigenvalue weighted by Crippen LogP contribution is -2.20. The van der Waals surface area contributed by atoms with Crippen LogP contribution in [0.15, 0.2) is 0 Å². The van der Waals surface area contributed by atoms with Crippen LogP contribution in [0.3, 0.4) is 0 Å². The lowest BCUT2D eigenvalue weighted by atomic mass is 10.00. The smallest absolute Gasteiger partial charge is 0.123 e. The summed E-state index contributed by atoms with van der Waals surface area (Å²) in [6.07, 6.45) is 1.06. The first kappa shape index (κ1) is 12.2. The summed E-state index contributed by atoms with van der Waals surface area (Å²) in [5.41, 5.74) is 8.09. The van der Waals surface area contributed by atoms with Crippen LogP contribution in [0.1, 0.15) is 43.5 Å². The summed E-state index contributed by atoms with van der Waals surface area (Å²) in [5.74, 6) is 1.31. The number of aromatic amines is 1. The van der Waals surface area contributed by atoms with Crippen LogP contribution in [0.4, 0.5) is 0 Å². The van der Waals surface area contributed by atoms with Crippen LogP contribution in [0.2, 0.25) is 0 Å². The van der Waals surface area contributed by atoms with Gasteiger partial charge in [0, 0.05) is 12.8 Å². The Hall–Kier alpha value is -0.870. The van der Waals surface area contributed by atoms with Gasteiger partial charge in [-0.05, 0) is 12.8 Å². The molecule has 0 aliphatic heterocycles. The topological polar surface area (TPSA) is 63.9 Å². The quantitative estimate of drug-likeness (QED) is 0.782. The molecule has 0 aliphatic carbocycles. The van der Waals surface area contributed by atoms with Crippen LogP contribution < -0.4 is 5.73 Å². The van der Waals surface area contributed by atoms with Crippen molar-refractivity contribution in [1.29, 1.82) is 0 Å². The highest BCUT2D eigenvalue weighted by Gasteiger charge is 2.17. The van der Waals surface area contributed by atoms with E-state index in [0.717, 1.165) is 23.6 Å². The van der Waals surface area contributed by atoms with Gasteiger partial charge in [-0.1, -0.05) is 20.3 Å². The van der Waals surface area contributed by atoms with Crippen LogP contribution in [-0.4, -0.2) is 17.1 Å². The van der Waals surface area contributed by atoms with E-state index in [1.807, 2.05) is 6.92 Å². The normalized spacial score (nSPS) is 15.3. The maximum Gasteiger partial charge on any atom is 0.123 e. The third-order valence-corrected chi connectivity index (χ3v) is 2.86. The fourth-order valence-electron chi connectivity index (χ4n) is 1.48. The van der Waals surface area contributed by atoms with E-state index < -0.39 is 0 Å². The van der Waals surface area contributed by atoms with Gasteiger partial charge < -0.3 is 15.5 Å². The van der Waals surface area contributed by atoms with Gasteiger partial charge in [-0.15, -0.1) is 0 Å². The highest BCUT2D eigenvalue weighted by molar-refractivity contribution is 5.14. The molecule has 0 spiro atoms. The summed E-state index contributed by atoms with van der Waals surface area (Å²) in [4.78, 5) is 7.69. The van der Waals surface area contributed by atoms with Gasteiger partial charge in [-0.3, -0.25) is 0 Å². The summed E-state index contributed by atoms with van der Waals surface area (Å²) in [6, 6.07) is -0.0145. The number of nitrogens with zero attached hydrogens (tertiary/aromatic N) is 1. The molecule has 0 aromatic carbocycles. The summed E-state index contributed by atoms with van der Waals surface area (Å²) in [7, 11) is 1.67. The molecule has 0 saturated heterocycles. The lowest BCUT2D eigenvalue weighted by Gasteiger charge is -2.15. The highest BCUT2D eigenvalue weighted by atomic mass is 16.5. The van der Waals surface area contributed by atoms with Crippen molar-refractivity contribution in [3.05, 3.63) is 17.2 Å². The summed E-state index contributed by atoms with van der Waals surface area (Å²) < 4.78 is 5.07. The minimum absolute atomic E-state index is 0.0145. The Morgan fingerprint density at radius 1 is 1.53 bits per heavy atom. The van der Waals surface area contributed by atoms with Crippen molar-refractivity contribution in [2.24, 2.45) is 11.7 Å². The molecule has 1 heterocycles. The van der Waals surface area contributed by atoms with Crippen molar-refractivity contribution < 1.29 is 4.74 Å². The van der Waals surface area contributed by atoms with Gasteiger partial charge in [0.1, 0.15) is 5.82 Å². The number of hydrogen-bond donors (Lipinski definition) is 2. The molecule has 0 aliphatic rings. The minimum Gasteiger partial charge on any atom is -0.378 e. The average Bonchev–Trinajstić information content (AvgIpc) is 2.59. The second-order valence-corrected chi connectivity index (χ2v) is 4.04. The van der Waals surface area contributed by atoms with Crippen molar-refractivity contribution in [2.45, 2.75) is 39.8 Å². The number of aryl methyl sites for hydroxylation is 1. The van der Waals surface area contributed by atoms with Gasteiger partial charge in [0.15, 0.2) is 0 Å². The zero-order valence-corrected chi connectivity index (χ0v) is 10.0. The number of aromatic nitrogens is 2. The predicted molar refractivity (Wildman–Crippen MR) is 60.4 cm³/mol. The molecule has 3 N–H and O–H groups in total. The molecule has 0 saturated carbocycles. The fourth-order valence-corrected chi connectivity index (χ4v) is 1.48. The van der Waals surface area contributed by atoms with E-state index >= 15 is 0 Å². The Balaban J connectivity index is 2.81. The highest BCUT2D eigenvalue weighted by Crippen LogP contribution is 2.20. The van der Waals surface area contributed by atoms with Gasteiger partial charge in [0.25, 0.3) is 0 Å². The van der Waals surface area contributed by atoms with Crippen LogP contribution in [0.5, 0.6) is 0 Å². The van der Waals surface area contributed by atoms with Crippen LogP contribution >= 0.6 is 0 Å². The fraction of sp³-hybridized carbons (Fsp3) is 0.727. The monoisotopic (exact) mass is 211 g/mol. The van der Waals surface area contributed by atoms with Crippen LogP contribution in [0.25, 0.3) is 0 Å². The molecule has 4 nitrogen and oxygen atoms in total. The van der Waals surface area contributed by atoms with Crippen molar-refractivity contribution >= 4 is 0 Å². The van der Waals surface area contributed by atoms with E-state index in [1.54, 1.807) is 7.11 Å². The SMILES string of the molecule is CCC(C)C(N)c1nc(COC)c(C)[nH]1. The number of nitrogens with one attached hydrogen (secondary N) is 1. The summed E-state index contributed by atoms with van der Waals surface area (Å²) in [6.45, 7) is 6.80. The number of hydrogen-bond acceptors (Lipinski definition) is 3. The molecule has 1 rings (SSSR count). The van der Waals surface area contributed by atoms with Gasteiger partial charge in [0.2, 0.25) is 0 Å². The molecule has 0 fully saturated rings. The lowest BCUT2D eigenvalue weighted by molar-refractivity contribution is 0.181. The van der Waals surface area contributed by atoms with E-state index in [1.165, 1.54) is 0 Å². The van der Waals surface area contributed by atoms with Crippen LogP contribution in [-0.2, 0) is 11.3 Å². The number of rotatable bonds is 5. The largest absolute Gasteiger partial charge is 0.378 e. The molecule has 15 heavy (non-hydrogen) atoms. The van der Waals surface area contributed by atoms with Crippen molar-refractivity contribution in [1.82, 2.24) is 9.97 Å². The Bertz CT molecular complexity index is 309. The molecule has 1 aromatic rings.